The van der Waals surface area contributed by atoms with Gasteiger partial charge in [0.1, 0.15) is 0 Å². The number of aliphatic hydroxyl groups excluding tert-OH is 1. The highest BCUT2D eigenvalue weighted by Gasteiger charge is 2.10. The van der Waals surface area contributed by atoms with Crippen LogP contribution in [0.5, 0.6) is 0 Å². The number of amides is 2. The molecule has 122 valence electrons. The quantitative estimate of drug-likeness (QED) is 0.729. The van der Waals surface area contributed by atoms with Crippen molar-refractivity contribution in [2.75, 3.05) is 11.9 Å². The SMILES string of the molecule is CCC(O)CCNC(=O)c1cccc(NC(=O)c2cccs2)c1. The van der Waals surface area contributed by atoms with Gasteiger partial charge in [-0.2, -0.15) is 0 Å². The van der Waals surface area contributed by atoms with Crippen molar-refractivity contribution in [1.29, 1.82) is 0 Å². The molecule has 2 aromatic rings. The lowest BCUT2D eigenvalue weighted by atomic mass is 10.1. The third-order valence-electron chi connectivity index (χ3n) is 3.36. The van der Waals surface area contributed by atoms with Crippen LogP contribution in [0.15, 0.2) is 41.8 Å². The summed E-state index contributed by atoms with van der Waals surface area (Å²) >= 11 is 1.36. The Hall–Kier alpha value is -2.18. The first-order valence-electron chi connectivity index (χ1n) is 7.51. The molecule has 5 nitrogen and oxygen atoms in total. The highest BCUT2D eigenvalue weighted by Crippen LogP contribution is 2.15. The molecule has 0 fully saturated rings. The molecular formula is C17H20N2O3S. The summed E-state index contributed by atoms with van der Waals surface area (Å²) in [7, 11) is 0. The summed E-state index contributed by atoms with van der Waals surface area (Å²) in [6.07, 6.45) is 0.795. The smallest absolute Gasteiger partial charge is 0.265 e. The molecule has 2 amide bonds. The largest absolute Gasteiger partial charge is 0.393 e. The Balaban J connectivity index is 1.93. The van der Waals surface area contributed by atoms with E-state index in [0.717, 1.165) is 0 Å². The van der Waals surface area contributed by atoms with E-state index in [1.54, 1.807) is 30.3 Å². The minimum absolute atomic E-state index is 0.191. The Morgan fingerprint density at radius 3 is 2.74 bits per heavy atom. The summed E-state index contributed by atoms with van der Waals surface area (Å²) in [5, 5.41) is 16.9. The first-order chi connectivity index (χ1) is 11.1. The van der Waals surface area contributed by atoms with Crippen LogP contribution in [0.25, 0.3) is 0 Å². The number of anilines is 1. The number of hydrogen-bond donors (Lipinski definition) is 3. The van der Waals surface area contributed by atoms with Gasteiger partial charge in [0, 0.05) is 17.8 Å². The van der Waals surface area contributed by atoms with Crippen LogP contribution in [-0.2, 0) is 0 Å². The van der Waals surface area contributed by atoms with Crippen molar-refractivity contribution in [3.63, 3.8) is 0 Å². The van der Waals surface area contributed by atoms with Gasteiger partial charge in [0.15, 0.2) is 0 Å². The normalized spacial score (nSPS) is 11.7. The number of thiophene rings is 1. The third kappa shape index (κ3) is 5.19. The maximum absolute atomic E-state index is 12.1. The van der Waals surface area contributed by atoms with Crippen LogP contribution in [0.3, 0.4) is 0 Å². The zero-order valence-electron chi connectivity index (χ0n) is 12.9. The molecule has 1 aromatic carbocycles. The second-order valence-electron chi connectivity index (χ2n) is 5.12. The van der Waals surface area contributed by atoms with Crippen LogP contribution in [0.2, 0.25) is 0 Å². The van der Waals surface area contributed by atoms with Gasteiger partial charge in [-0.3, -0.25) is 9.59 Å². The van der Waals surface area contributed by atoms with E-state index in [9.17, 15) is 14.7 Å². The van der Waals surface area contributed by atoms with Gasteiger partial charge < -0.3 is 15.7 Å². The Morgan fingerprint density at radius 2 is 2.04 bits per heavy atom. The Kier molecular flexibility index (Phi) is 6.31. The van der Waals surface area contributed by atoms with Gasteiger partial charge in [-0.1, -0.05) is 19.1 Å². The van der Waals surface area contributed by atoms with Gasteiger partial charge in [0.05, 0.1) is 11.0 Å². The average Bonchev–Trinajstić information content (AvgIpc) is 3.09. The first kappa shape index (κ1) is 17.2. The minimum atomic E-state index is -0.397. The number of aliphatic hydroxyl groups is 1. The summed E-state index contributed by atoms with van der Waals surface area (Å²) < 4.78 is 0. The van der Waals surface area contributed by atoms with E-state index in [-0.39, 0.29) is 11.8 Å². The number of benzene rings is 1. The molecule has 1 aromatic heterocycles. The monoisotopic (exact) mass is 332 g/mol. The van der Waals surface area contributed by atoms with Crippen molar-refractivity contribution < 1.29 is 14.7 Å². The molecule has 0 aliphatic carbocycles. The van der Waals surface area contributed by atoms with Gasteiger partial charge >= 0.3 is 0 Å². The molecule has 0 spiro atoms. The van der Waals surface area contributed by atoms with Crippen molar-refractivity contribution in [3.05, 3.63) is 52.2 Å². The van der Waals surface area contributed by atoms with E-state index < -0.39 is 6.10 Å². The predicted octanol–water partition coefficient (Wildman–Crippen LogP) is 2.89. The molecule has 6 heteroatoms. The summed E-state index contributed by atoms with van der Waals surface area (Å²) in [4.78, 5) is 24.7. The summed E-state index contributed by atoms with van der Waals surface area (Å²) in [5.41, 5.74) is 1.05. The van der Waals surface area contributed by atoms with Gasteiger partial charge in [0.25, 0.3) is 11.8 Å². The molecule has 0 aliphatic rings. The van der Waals surface area contributed by atoms with Crippen LogP contribution in [0, 0.1) is 0 Å². The van der Waals surface area contributed by atoms with E-state index >= 15 is 0 Å². The molecular weight excluding hydrogens is 312 g/mol. The third-order valence-corrected chi connectivity index (χ3v) is 4.23. The van der Waals surface area contributed by atoms with Crippen LogP contribution < -0.4 is 10.6 Å². The number of rotatable bonds is 7. The van der Waals surface area contributed by atoms with E-state index in [1.165, 1.54) is 11.3 Å². The highest BCUT2D eigenvalue weighted by molar-refractivity contribution is 7.12. The van der Waals surface area contributed by atoms with Gasteiger partial charge in [-0.25, -0.2) is 0 Å². The van der Waals surface area contributed by atoms with E-state index in [1.807, 2.05) is 18.4 Å². The Bertz CT molecular complexity index is 656. The standard InChI is InChI=1S/C17H20N2O3S/c1-2-14(20)8-9-18-16(21)12-5-3-6-13(11-12)19-17(22)15-7-4-10-23-15/h3-7,10-11,14,20H,2,8-9H2,1H3,(H,18,21)(H,19,22). The Morgan fingerprint density at radius 1 is 1.22 bits per heavy atom. The lowest BCUT2D eigenvalue weighted by molar-refractivity contribution is 0.0940. The fourth-order valence-electron chi connectivity index (χ4n) is 2.00. The predicted molar refractivity (Wildman–Crippen MR) is 92.0 cm³/mol. The zero-order valence-corrected chi connectivity index (χ0v) is 13.7. The second kappa shape index (κ2) is 8.45. The fraction of sp³-hybridized carbons (Fsp3) is 0.294. The van der Waals surface area contributed by atoms with Crippen LogP contribution >= 0.6 is 11.3 Å². The van der Waals surface area contributed by atoms with Crippen LogP contribution in [0.4, 0.5) is 5.69 Å². The van der Waals surface area contributed by atoms with E-state index in [4.69, 9.17) is 0 Å². The number of carbonyl (C=O) groups excluding carboxylic acids is 2. The van der Waals surface area contributed by atoms with Crippen molar-refractivity contribution in [2.45, 2.75) is 25.9 Å². The van der Waals surface area contributed by atoms with Crippen molar-refractivity contribution in [2.24, 2.45) is 0 Å². The molecule has 0 saturated carbocycles. The van der Waals surface area contributed by atoms with Gasteiger partial charge in [0.2, 0.25) is 0 Å². The molecule has 0 saturated heterocycles. The van der Waals surface area contributed by atoms with Crippen LogP contribution in [-0.4, -0.2) is 29.6 Å². The number of hydrogen-bond acceptors (Lipinski definition) is 4. The van der Waals surface area contributed by atoms with Crippen molar-refractivity contribution in [3.8, 4) is 0 Å². The average molecular weight is 332 g/mol. The maximum Gasteiger partial charge on any atom is 0.265 e. The molecule has 0 radical (unpaired) electrons. The topological polar surface area (TPSA) is 78.4 Å². The highest BCUT2D eigenvalue weighted by atomic mass is 32.1. The van der Waals surface area contributed by atoms with Gasteiger partial charge in [-0.15, -0.1) is 11.3 Å². The van der Waals surface area contributed by atoms with Crippen LogP contribution in [0.1, 0.15) is 39.8 Å². The molecule has 23 heavy (non-hydrogen) atoms. The lowest BCUT2D eigenvalue weighted by Crippen LogP contribution is -2.27. The van der Waals surface area contributed by atoms with Crippen molar-refractivity contribution in [1.82, 2.24) is 5.32 Å². The second-order valence-corrected chi connectivity index (χ2v) is 6.07. The molecule has 3 N–H and O–H groups in total. The van der Waals surface area contributed by atoms with Crippen molar-refractivity contribution >= 4 is 28.8 Å². The molecule has 1 atom stereocenters. The van der Waals surface area contributed by atoms with E-state index in [0.29, 0.717) is 35.5 Å². The van der Waals surface area contributed by atoms with E-state index in [2.05, 4.69) is 10.6 Å². The maximum atomic E-state index is 12.1. The van der Waals surface area contributed by atoms with Gasteiger partial charge in [-0.05, 0) is 42.5 Å². The molecule has 1 heterocycles. The molecule has 0 bridgehead atoms. The molecule has 2 rings (SSSR count). The zero-order chi connectivity index (χ0) is 16.7. The summed E-state index contributed by atoms with van der Waals surface area (Å²) in [6, 6.07) is 10.3. The number of carbonyl (C=O) groups is 2. The minimum Gasteiger partial charge on any atom is -0.393 e. The first-order valence-corrected chi connectivity index (χ1v) is 8.39. The Labute approximate surface area is 139 Å². The number of nitrogens with one attached hydrogen (secondary N) is 2. The summed E-state index contributed by atoms with van der Waals surface area (Å²) in [5.74, 6) is -0.413. The molecule has 0 aliphatic heterocycles. The molecule has 1 unspecified atom stereocenters. The fourth-order valence-corrected chi connectivity index (χ4v) is 2.62. The summed E-state index contributed by atoms with van der Waals surface area (Å²) in [6.45, 7) is 2.31. The lowest BCUT2D eigenvalue weighted by Gasteiger charge is -2.10.